The molecule has 0 unspecified atom stereocenters. The van der Waals surface area contributed by atoms with Crippen molar-refractivity contribution in [2.75, 3.05) is 0 Å². The monoisotopic (exact) mass is 200 g/mol. The van der Waals surface area contributed by atoms with Crippen LogP contribution >= 0.6 is 0 Å². The molecule has 3 heterocycles. The normalized spacial score (nSPS) is 11.2. The van der Waals surface area contributed by atoms with Crippen LogP contribution in [0.25, 0.3) is 22.8 Å². The predicted molar refractivity (Wildman–Crippen MR) is 51.3 cm³/mol. The van der Waals surface area contributed by atoms with Crippen LogP contribution in [-0.4, -0.2) is 9.97 Å². The highest BCUT2D eigenvalue weighted by atomic mass is 16.3. The van der Waals surface area contributed by atoms with Crippen LogP contribution in [0.4, 0.5) is 0 Å². The third-order valence-electron chi connectivity index (χ3n) is 2.15. The maximum Gasteiger partial charge on any atom is 0.320 e. The third-order valence-corrected chi connectivity index (χ3v) is 2.15. The summed E-state index contributed by atoms with van der Waals surface area (Å²) in [7, 11) is 0. The molecule has 0 fully saturated rings. The maximum absolute atomic E-state index is 11.2. The van der Waals surface area contributed by atoms with E-state index in [4.69, 9.17) is 4.42 Å². The standard InChI is InChI=1S/C10H4N2O3/c13-9-8-6(12-10(9)14)4-5(11-8)7-2-1-3-15-7/h1-4H. The first-order chi connectivity index (χ1) is 7.25. The van der Waals surface area contributed by atoms with E-state index in [1.807, 2.05) is 0 Å². The summed E-state index contributed by atoms with van der Waals surface area (Å²) in [5, 5.41) is 0. The number of hydrogen-bond acceptors (Lipinski definition) is 5. The number of hydrogen-bond donors (Lipinski definition) is 0. The summed E-state index contributed by atoms with van der Waals surface area (Å²) in [4.78, 5) is 29.7. The van der Waals surface area contributed by atoms with Gasteiger partial charge in [-0.1, -0.05) is 0 Å². The van der Waals surface area contributed by atoms with E-state index < -0.39 is 11.0 Å². The van der Waals surface area contributed by atoms with E-state index in [-0.39, 0.29) is 5.69 Å². The third kappa shape index (κ3) is 1.03. The first kappa shape index (κ1) is 8.05. The van der Waals surface area contributed by atoms with E-state index in [1.54, 1.807) is 18.2 Å². The van der Waals surface area contributed by atoms with Gasteiger partial charge in [-0.05, 0) is 18.2 Å². The van der Waals surface area contributed by atoms with Crippen molar-refractivity contribution >= 4 is 0 Å². The van der Waals surface area contributed by atoms with Gasteiger partial charge in [-0.25, -0.2) is 9.97 Å². The van der Waals surface area contributed by atoms with Crippen LogP contribution in [-0.2, 0) is 0 Å². The summed E-state index contributed by atoms with van der Waals surface area (Å²) in [6.45, 7) is 0. The molecular formula is C10H4N2O3. The van der Waals surface area contributed by atoms with Crippen LogP contribution in [0.2, 0.25) is 0 Å². The van der Waals surface area contributed by atoms with Crippen molar-refractivity contribution in [2.24, 2.45) is 0 Å². The van der Waals surface area contributed by atoms with Gasteiger partial charge in [0, 0.05) is 0 Å². The summed E-state index contributed by atoms with van der Waals surface area (Å²) in [5.74, 6) is 0.555. The van der Waals surface area contributed by atoms with Gasteiger partial charge >= 0.3 is 5.56 Å². The number of aromatic nitrogens is 2. The average Bonchev–Trinajstić information content (AvgIpc) is 2.86. The molecule has 5 heteroatoms. The predicted octanol–water partition coefficient (Wildman–Crippen LogP) is 0.437. The lowest BCUT2D eigenvalue weighted by molar-refractivity contribution is 0.580. The molecule has 0 N–H and O–H groups in total. The average molecular weight is 200 g/mol. The minimum Gasteiger partial charge on any atom is -0.463 e. The summed E-state index contributed by atoms with van der Waals surface area (Å²) < 4.78 is 5.12. The Morgan fingerprint density at radius 1 is 1.13 bits per heavy atom. The van der Waals surface area contributed by atoms with Crippen LogP contribution in [0.3, 0.4) is 0 Å². The molecule has 5 nitrogen and oxygen atoms in total. The van der Waals surface area contributed by atoms with E-state index in [1.165, 1.54) is 6.26 Å². The van der Waals surface area contributed by atoms with E-state index in [9.17, 15) is 9.59 Å². The van der Waals surface area contributed by atoms with Gasteiger partial charge < -0.3 is 4.42 Å². The molecule has 0 amide bonds. The topological polar surface area (TPSA) is 73.1 Å². The second-order valence-corrected chi connectivity index (χ2v) is 3.10. The van der Waals surface area contributed by atoms with Crippen molar-refractivity contribution in [1.29, 1.82) is 0 Å². The fourth-order valence-corrected chi connectivity index (χ4v) is 1.47. The van der Waals surface area contributed by atoms with E-state index >= 15 is 0 Å². The first-order valence-electron chi connectivity index (χ1n) is 4.28. The van der Waals surface area contributed by atoms with Crippen LogP contribution in [0.15, 0.2) is 38.5 Å². The number of fused-ring (bicyclic) bond motifs is 1. The molecule has 0 radical (unpaired) electrons. The number of rotatable bonds is 1. The first-order valence-corrected chi connectivity index (χ1v) is 4.28. The molecule has 0 saturated carbocycles. The van der Waals surface area contributed by atoms with Gasteiger partial charge in [0.2, 0.25) is 0 Å². The molecule has 0 saturated heterocycles. The summed E-state index contributed by atoms with van der Waals surface area (Å²) >= 11 is 0. The molecule has 0 spiro atoms. The smallest absolute Gasteiger partial charge is 0.320 e. The molecule has 0 aliphatic carbocycles. The molecule has 0 bridgehead atoms. The summed E-state index contributed by atoms with van der Waals surface area (Å²) in [5.41, 5.74) is -0.432. The highest BCUT2D eigenvalue weighted by Crippen LogP contribution is 2.24. The Balaban J connectivity index is 2.29. The van der Waals surface area contributed by atoms with Crippen LogP contribution < -0.4 is 11.0 Å². The fourth-order valence-electron chi connectivity index (χ4n) is 1.47. The minimum absolute atomic E-state index is 0.117. The van der Waals surface area contributed by atoms with Gasteiger partial charge in [0.25, 0.3) is 5.43 Å². The maximum atomic E-state index is 11.2. The summed E-state index contributed by atoms with van der Waals surface area (Å²) in [6.07, 6.45) is 1.51. The zero-order chi connectivity index (χ0) is 10.4. The molecule has 1 aromatic heterocycles. The minimum atomic E-state index is -0.751. The Hall–Kier alpha value is -2.30. The molecule has 2 aliphatic rings. The molecule has 0 aromatic carbocycles. The van der Waals surface area contributed by atoms with Crippen LogP contribution in [0.5, 0.6) is 0 Å². The molecule has 2 aliphatic heterocycles. The van der Waals surface area contributed by atoms with Gasteiger partial charge in [0.05, 0.1) is 12.0 Å². The van der Waals surface area contributed by atoms with Crippen LogP contribution in [0, 0.1) is 0 Å². The largest absolute Gasteiger partial charge is 0.463 e. The lowest BCUT2D eigenvalue weighted by Gasteiger charge is -1.85. The Labute approximate surface area is 83.1 Å². The van der Waals surface area contributed by atoms with Crippen LogP contribution in [0.1, 0.15) is 0 Å². The summed E-state index contributed by atoms with van der Waals surface area (Å²) in [6, 6.07) is 5.01. The second-order valence-electron chi connectivity index (χ2n) is 3.10. The zero-order valence-corrected chi connectivity index (χ0v) is 7.43. The Bertz CT molecular complexity index is 662. The number of furan rings is 1. The Morgan fingerprint density at radius 2 is 2.00 bits per heavy atom. The van der Waals surface area contributed by atoms with E-state index in [0.29, 0.717) is 17.1 Å². The lowest BCUT2D eigenvalue weighted by Crippen LogP contribution is -2.19. The molecule has 1 aromatic rings. The molecule has 15 heavy (non-hydrogen) atoms. The van der Waals surface area contributed by atoms with Gasteiger partial charge in [-0.2, -0.15) is 0 Å². The van der Waals surface area contributed by atoms with E-state index in [0.717, 1.165) is 0 Å². The SMILES string of the molecule is O=c1nc2cc(-c3ccco3)nc-2c1=O. The van der Waals surface area contributed by atoms with E-state index in [2.05, 4.69) is 9.97 Å². The van der Waals surface area contributed by atoms with Crippen molar-refractivity contribution in [3.8, 4) is 22.8 Å². The quantitative estimate of drug-likeness (QED) is 0.533. The lowest BCUT2D eigenvalue weighted by atomic mass is 10.3. The highest BCUT2D eigenvalue weighted by molar-refractivity contribution is 5.68. The van der Waals surface area contributed by atoms with Crippen molar-refractivity contribution in [3.05, 3.63) is 45.0 Å². The van der Waals surface area contributed by atoms with Gasteiger partial charge in [0.15, 0.2) is 5.76 Å². The van der Waals surface area contributed by atoms with Gasteiger partial charge in [-0.3, -0.25) is 9.59 Å². The van der Waals surface area contributed by atoms with Crippen molar-refractivity contribution in [1.82, 2.24) is 9.97 Å². The van der Waals surface area contributed by atoms with Crippen molar-refractivity contribution < 1.29 is 4.42 Å². The molecule has 3 rings (SSSR count). The van der Waals surface area contributed by atoms with Crippen molar-refractivity contribution in [3.63, 3.8) is 0 Å². The number of nitrogens with zero attached hydrogens (tertiary/aromatic N) is 2. The fraction of sp³-hybridized carbons (Fsp3) is 0. The van der Waals surface area contributed by atoms with Crippen molar-refractivity contribution in [2.45, 2.75) is 0 Å². The van der Waals surface area contributed by atoms with Gasteiger partial charge in [0.1, 0.15) is 11.4 Å². The highest BCUT2D eigenvalue weighted by Gasteiger charge is 2.20. The Morgan fingerprint density at radius 3 is 2.67 bits per heavy atom. The Kier molecular flexibility index (Phi) is 1.39. The van der Waals surface area contributed by atoms with Gasteiger partial charge in [-0.15, -0.1) is 0 Å². The molecular weight excluding hydrogens is 196 g/mol. The zero-order valence-electron chi connectivity index (χ0n) is 7.43. The molecule has 0 atom stereocenters. The molecule has 72 valence electrons. The second kappa shape index (κ2) is 2.60.